The average molecular weight is 693 g/mol. The number of rotatable bonds is 28. The molecule has 1 saturated heterocycles. The summed E-state index contributed by atoms with van der Waals surface area (Å²) in [5.41, 5.74) is 0. The van der Waals surface area contributed by atoms with Crippen LogP contribution in [0.5, 0.6) is 0 Å². The quantitative estimate of drug-likeness (QED) is 0.0292. The van der Waals surface area contributed by atoms with E-state index in [9.17, 15) is 24.6 Å². The minimum atomic E-state index is -1.03. The van der Waals surface area contributed by atoms with Gasteiger partial charge < -0.3 is 25.6 Å². The molecule has 1 aliphatic heterocycles. The monoisotopic (exact) mass is 692 g/mol. The molecule has 2 atom stereocenters. The fraction of sp³-hybridized carbons (Fsp3) is 0.649. The van der Waals surface area contributed by atoms with Crippen LogP contribution in [0.4, 0.5) is 0 Å². The molecule has 1 rings (SSSR count). The average Bonchev–Trinajstić information content (AvgIpc) is 3.60. The Balaban J connectivity index is 2.26. The van der Waals surface area contributed by atoms with Gasteiger partial charge in [0.05, 0.1) is 13.2 Å². The van der Waals surface area contributed by atoms with Crippen molar-refractivity contribution in [2.45, 2.75) is 127 Å². The van der Waals surface area contributed by atoms with Crippen LogP contribution in [-0.4, -0.2) is 70.9 Å². The number of aliphatic hydroxyl groups excluding tert-OH is 2. The van der Waals surface area contributed by atoms with E-state index < -0.39 is 31.3 Å². The van der Waals surface area contributed by atoms with Crippen LogP contribution in [0.2, 0.25) is 0 Å². The van der Waals surface area contributed by atoms with Crippen LogP contribution in [0.3, 0.4) is 0 Å². The first kappa shape index (κ1) is 42.8. The topological polar surface area (TPSA) is 125 Å². The second kappa shape index (κ2) is 31.0. The van der Waals surface area contributed by atoms with Gasteiger partial charge in [0, 0.05) is 30.4 Å². The number of unbranched alkanes of at least 4 members (excludes halogenated alkanes) is 3. The molecular formula is C37H60N2O6S2. The Kier molecular flexibility index (Phi) is 28.2. The molecule has 47 heavy (non-hydrogen) atoms. The molecule has 10 heteroatoms. The zero-order valence-corrected chi connectivity index (χ0v) is 30.1. The lowest BCUT2D eigenvalue weighted by molar-refractivity contribution is -0.157. The smallest absolute Gasteiger partial charge is 0.329 e. The Hall–Kier alpha value is -2.27. The predicted octanol–water partition coefficient (Wildman–Crippen LogP) is 7.29. The zero-order chi connectivity index (χ0) is 34.2. The summed E-state index contributed by atoms with van der Waals surface area (Å²) in [7, 11) is 3.91. The van der Waals surface area contributed by atoms with E-state index in [1.165, 1.54) is 18.6 Å². The standard InChI is InChI=1S/C37H60N2O6S2/c1-2-3-4-5-6-7-8-9-10-11-12-13-14-15-16-17-18-26-36(43)39-34(37(44)45-32(30-40)31-41)24-21-22-28-38-35(42)25-20-19-23-33-27-29-46-47-33/h3-4,6-7,9-10,12-13,15-16,32-34,40-41H,2,5,8,11,14,17-31H2,1H3,(H,38,42)(H,39,43)/t33-,34+/m1/s1. The predicted molar refractivity (Wildman–Crippen MR) is 198 cm³/mol. The number of amides is 2. The molecule has 8 nitrogen and oxygen atoms in total. The number of carbonyl (C=O) groups is 3. The van der Waals surface area contributed by atoms with Gasteiger partial charge in [0.15, 0.2) is 0 Å². The van der Waals surface area contributed by atoms with Crippen molar-refractivity contribution in [3.05, 3.63) is 60.8 Å². The summed E-state index contributed by atoms with van der Waals surface area (Å²) in [6.07, 6.45) is 33.4. The number of nitrogens with one attached hydrogen (secondary N) is 2. The van der Waals surface area contributed by atoms with Gasteiger partial charge in [0.25, 0.3) is 0 Å². The fourth-order valence-corrected chi connectivity index (χ4v) is 7.68. The van der Waals surface area contributed by atoms with Crippen molar-refractivity contribution in [3.8, 4) is 0 Å². The van der Waals surface area contributed by atoms with Crippen LogP contribution >= 0.6 is 21.6 Å². The van der Waals surface area contributed by atoms with Crippen molar-refractivity contribution in [3.63, 3.8) is 0 Å². The lowest BCUT2D eigenvalue weighted by Crippen LogP contribution is -2.44. The van der Waals surface area contributed by atoms with Gasteiger partial charge in [-0.25, -0.2) is 4.79 Å². The molecule has 0 aromatic heterocycles. The Morgan fingerprint density at radius 2 is 1.40 bits per heavy atom. The molecular weight excluding hydrogens is 633 g/mol. The van der Waals surface area contributed by atoms with E-state index in [0.717, 1.165) is 56.6 Å². The molecule has 0 radical (unpaired) electrons. The summed E-state index contributed by atoms with van der Waals surface area (Å²) < 4.78 is 5.18. The number of hydrogen-bond acceptors (Lipinski definition) is 8. The first-order valence-electron chi connectivity index (χ1n) is 17.5. The summed E-state index contributed by atoms with van der Waals surface area (Å²) in [6, 6.07) is -0.876. The van der Waals surface area contributed by atoms with Gasteiger partial charge in [-0.15, -0.1) is 0 Å². The molecule has 0 spiro atoms. The van der Waals surface area contributed by atoms with Crippen molar-refractivity contribution in [2.24, 2.45) is 0 Å². The largest absolute Gasteiger partial charge is 0.456 e. The van der Waals surface area contributed by atoms with E-state index in [4.69, 9.17) is 4.74 Å². The molecule has 1 heterocycles. The molecule has 0 aromatic carbocycles. The first-order chi connectivity index (χ1) is 23.0. The Morgan fingerprint density at radius 1 is 0.787 bits per heavy atom. The number of hydrogen-bond donors (Lipinski definition) is 4. The number of carbonyl (C=O) groups excluding carboxylic acids is 3. The molecule has 0 aliphatic carbocycles. The molecule has 0 unspecified atom stereocenters. The third kappa shape index (κ3) is 25.4. The molecule has 1 fully saturated rings. The molecule has 2 amide bonds. The van der Waals surface area contributed by atoms with Crippen LogP contribution in [0.15, 0.2) is 60.8 Å². The minimum Gasteiger partial charge on any atom is -0.456 e. The number of allylic oxidation sites excluding steroid dienone is 10. The van der Waals surface area contributed by atoms with E-state index >= 15 is 0 Å². The van der Waals surface area contributed by atoms with E-state index in [1.54, 1.807) is 0 Å². The molecule has 1 aliphatic rings. The molecule has 266 valence electrons. The summed E-state index contributed by atoms with van der Waals surface area (Å²) >= 11 is 0. The molecule has 4 N–H and O–H groups in total. The van der Waals surface area contributed by atoms with Gasteiger partial charge in [0.1, 0.15) is 12.1 Å². The van der Waals surface area contributed by atoms with Crippen LogP contribution in [0.1, 0.15) is 110 Å². The summed E-state index contributed by atoms with van der Waals surface area (Å²) in [6.45, 7) is 1.64. The Bertz CT molecular complexity index is 972. The van der Waals surface area contributed by atoms with Gasteiger partial charge in [-0.3, -0.25) is 9.59 Å². The van der Waals surface area contributed by atoms with Crippen LogP contribution in [0, 0.1) is 0 Å². The number of aliphatic hydroxyl groups is 2. The van der Waals surface area contributed by atoms with Crippen molar-refractivity contribution >= 4 is 39.4 Å². The molecule has 0 bridgehead atoms. The maximum Gasteiger partial charge on any atom is 0.329 e. The lowest BCUT2D eigenvalue weighted by atomic mass is 10.1. The van der Waals surface area contributed by atoms with Crippen molar-refractivity contribution in [2.75, 3.05) is 25.5 Å². The van der Waals surface area contributed by atoms with Gasteiger partial charge >= 0.3 is 5.97 Å². The lowest BCUT2D eigenvalue weighted by Gasteiger charge is -2.20. The third-order valence-electron chi connectivity index (χ3n) is 7.39. The second-order valence-corrected chi connectivity index (χ2v) is 14.4. The van der Waals surface area contributed by atoms with E-state index in [1.807, 2.05) is 21.6 Å². The van der Waals surface area contributed by atoms with Gasteiger partial charge in [0.2, 0.25) is 11.8 Å². The van der Waals surface area contributed by atoms with Crippen LogP contribution < -0.4 is 10.6 Å². The van der Waals surface area contributed by atoms with E-state index in [2.05, 4.69) is 78.3 Å². The highest BCUT2D eigenvalue weighted by atomic mass is 33.1. The summed E-state index contributed by atoms with van der Waals surface area (Å²) in [5.74, 6) is 0.357. The van der Waals surface area contributed by atoms with Gasteiger partial charge in [-0.1, -0.05) is 95.7 Å². The molecule has 0 aromatic rings. The fourth-order valence-electron chi connectivity index (χ4n) is 4.65. The zero-order valence-electron chi connectivity index (χ0n) is 28.5. The van der Waals surface area contributed by atoms with Crippen LogP contribution in [-0.2, 0) is 19.1 Å². The number of esters is 1. The van der Waals surface area contributed by atoms with Crippen molar-refractivity contribution in [1.29, 1.82) is 0 Å². The van der Waals surface area contributed by atoms with Crippen LogP contribution in [0.25, 0.3) is 0 Å². The van der Waals surface area contributed by atoms with Gasteiger partial charge in [-0.2, -0.15) is 0 Å². The highest BCUT2D eigenvalue weighted by molar-refractivity contribution is 8.77. The maximum atomic E-state index is 12.7. The summed E-state index contributed by atoms with van der Waals surface area (Å²) in [4.78, 5) is 37.5. The van der Waals surface area contributed by atoms with E-state index in [-0.39, 0.29) is 18.2 Å². The van der Waals surface area contributed by atoms with Crippen molar-refractivity contribution < 1.29 is 29.3 Å². The van der Waals surface area contributed by atoms with E-state index in [0.29, 0.717) is 38.6 Å². The second-order valence-electron chi connectivity index (χ2n) is 11.6. The minimum absolute atomic E-state index is 0.0453. The third-order valence-corrected chi connectivity index (χ3v) is 10.4. The highest BCUT2D eigenvalue weighted by Crippen LogP contribution is 2.39. The normalized spacial score (nSPS) is 16.0. The number of ether oxygens (including phenoxy) is 1. The first-order valence-corrected chi connectivity index (χ1v) is 19.9. The highest BCUT2D eigenvalue weighted by Gasteiger charge is 2.24. The maximum absolute atomic E-state index is 12.7. The molecule has 0 saturated carbocycles. The van der Waals surface area contributed by atoms with Crippen molar-refractivity contribution in [1.82, 2.24) is 10.6 Å². The Labute approximate surface area is 291 Å². The van der Waals surface area contributed by atoms with Gasteiger partial charge in [-0.05, 0) is 83.5 Å². The summed E-state index contributed by atoms with van der Waals surface area (Å²) in [5, 5.41) is 25.0. The SMILES string of the molecule is CCC=CCC=CCC=CCC=CCC=CCCCC(=O)N[C@@H](CCCCNC(=O)CCCC[C@@H]1CCSS1)C(=O)OC(CO)CO. The Morgan fingerprint density at radius 3 is 2.00 bits per heavy atom.